The molecule has 0 unspecified atom stereocenters. The molecule has 2 heterocycles. The molecular weight excluding hydrogens is 422 g/mol. The summed E-state index contributed by atoms with van der Waals surface area (Å²) in [7, 11) is 2.02. The van der Waals surface area contributed by atoms with Crippen LogP contribution in [0.25, 0.3) is 20.7 Å². The van der Waals surface area contributed by atoms with E-state index in [9.17, 15) is 4.79 Å². The van der Waals surface area contributed by atoms with Crippen LogP contribution >= 0.6 is 27.3 Å². The van der Waals surface area contributed by atoms with E-state index >= 15 is 0 Å². The van der Waals surface area contributed by atoms with Crippen LogP contribution in [0.4, 0.5) is 0 Å². The molecular formula is C21H18BrN3OS. The van der Waals surface area contributed by atoms with Crippen molar-refractivity contribution in [2.45, 2.75) is 13.1 Å². The number of benzene rings is 2. The summed E-state index contributed by atoms with van der Waals surface area (Å²) in [6.07, 6.45) is 0. The molecule has 0 saturated carbocycles. The average molecular weight is 440 g/mol. The molecule has 0 radical (unpaired) electrons. The van der Waals surface area contributed by atoms with E-state index in [1.807, 2.05) is 61.6 Å². The molecule has 0 spiro atoms. The van der Waals surface area contributed by atoms with Crippen LogP contribution in [0.3, 0.4) is 0 Å². The van der Waals surface area contributed by atoms with Crippen molar-refractivity contribution < 1.29 is 0 Å². The number of nitrogens with zero attached hydrogens (tertiary/aromatic N) is 2. The number of thiophene rings is 1. The summed E-state index contributed by atoms with van der Waals surface area (Å²) < 4.78 is 1.08. The van der Waals surface area contributed by atoms with Crippen LogP contribution in [0.15, 0.2) is 69.9 Å². The first kappa shape index (κ1) is 18.1. The van der Waals surface area contributed by atoms with Gasteiger partial charge in [-0.3, -0.25) is 9.69 Å². The number of H-pyrrole nitrogens is 1. The number of rotatable bonds is 5. The van der Waals surface area contributed by atoms with Crippen molar-refractivity contribution in [3.63, 3.8) is 0 Å². The molecule has 27 heavy (non-hydrogen) atoms. The quantitative estimate of drug-likeness (QED) is 0.473. The Morgan fingerprint density at radius 1 is 1.07 bits per heavy atom. The van der Waals surface area contributed by atoms with Crippen molar-refractivity contribution in [2.24, 2.45) is 0 Å². The first-order valence-corrected chi connectivity index (χ1v) is 10.2. The Kier molecular flexibility index (Phi) is 5.20. The fraction of sp³-hybridized carbons (Fsp3) is 0.143. The van der Waals surface area contributed by atoms with E-state index in [0.29, 0.717) is 17.8 Å². The molecule has 4 rings (SSSR count). The molecule has 136 valence electrons. The Morgan fingerprint density at radius 3 is 2.59 bits per heavy atom. The van der Waals surface area contributed by atoms with E-state index < -0.39 is 0 Å². The highest BCUT2D eigenvalue weighted by molar-refractivity contribution is 9.10. The van der Waals surface area contributed by atoms with Gasteiger partial charge in [-0.25, -0.2) is 4.98 Å². The Morgan fingerprint density at radius 2 is 1.81 bits per heavy atom. The van der Waals surface area contributed by atoms with Gasteiger partial charge in [-0.2, -0.15) is 0 Å². The van der Waals surface area contributed by atoms with Crippen molar-refractivity contribution in [3.8, 4) is 10.4 Å². The number of hydrogen-bond acceptors (Lipinski definition) is 4. The molecule has 0 saturated heterocycles. The molecule has 2 aromatic heterocycles. The minimum absolute atomic E-state index is 0.0808. The maximum Gasteiger partial charge on any atom is 0.259 e. The molecule has 1 N–H and O–H groups in total. The lowest BCUT2D eigenvalue weighted by molar-refractivity contribution is 0.310. The highest BCUT2D eigenvalue weighted by Gasteiger charge is 2.12. The number of aromatic nitrogens is 2. The van der Waals surface area contributed by atoms with E-state index in [4.69, 9.17) is 4.98 Å². The standard InChI is InChI=1S/C21H18BrN3OS/c1-25(12-15-9-5-6-10-17(15)22)13-19-23-20(26)16-11-18(27-21(16)24-19)14-7-3-2-4-8-14/h2-11H,12-13H2,1H3,(H,23,24,26). The molecule has 0 aliphatic heterocycles. The lowest BCUT2D eigenvalue weighted by Gasteiger charge is -2.16. The normalized spacial score (nSPS) is 11.4. The number of nitrogens with one attached hydrogen (secondary N) is 1. The van der Waals surface area contributed by atoms with Crippen molar-refractivity contribution in [1.82, 2.24) is 14.9 Å². The number of fused-ring (bicyclic) bond motifs is 1. The summed E-state index contributed by atoms with van der Waals surface area (Å²) in [4.78, 5) is 24.1. The molecule has 0 fully saturated rings. The molecule has 0 aliphatic rings. The lowest BCUT2D eigenvalue weighted by atomic mass is 10.2. The minimum Gasteiger partial charge on any atom is -0.309 e. The number of aromatic amines is 1. The van der Waals surface area contributed by atoms with Gasteiger partial charge in [-0.15, -0.1) is 11.3 Å². The zero-order chi connectivity index (χ0) is 18.8. The molecule has 6 heteroatoms. The second kappa shape index (κ2) is 7.76. The average Bonchev–Trinajstić information content (AvgIpc) is 3.09. The predicted molar refractivity (Wildman–Crippen MR) is 115 cm³/mol. The van der Waals surface area contributed by atoms with Gasteiger partial charge in [0.2, 0.25) is 0 Å². The van der Waals surface area contributed by atoms with Gasteiger partial charge in [0.25, 0.3) is 5.56 Å². The first-order valence-electron chi connectivity index (χ1n) is 8.60. The Hall–Kier alpha value is -2.28. The van der Waals surface area contributed by atoms with E-state index in [-0.39, 0.29) is 5.56 Å². The number of hydrogen-bond donors (Lipinski definition) is 1. The maximum atomic E-state index is 12.5. The monoisotopic (exact) mass is 439 g/mol. The highest BCUT2D eigenvalue weighted by Crippen LogP contribution is 2.30. The largest absolute Gasteiger partial charge is 0.309 e. The summed E-state index contributed by atoms with van der Waals surface area (Å²) in [5, 5.41) is 0.649. The minimum atomic E-state index is -0.0808. The lowest BCUT2D eigenvalue weighted by Crippen LogP contribution is -2.21. The summed E-state index contributed by atoms with van der Waals surface area (Å²) in [5.74, 6) is 0.684. The molecule has 4 nitrogen and oxygen atoms in total. The van der Waals surface area contributed by atoms with Crippen LogP contribution in [-0.4, -0.2) is 21.9 Å². The molecule has 0 atom stereocenters. The topological polar surface area (TPSA) is 49.0 Å². The van der Waals surface area contributed by atoms with Gasteiger partial charge < -0.3 is 4.98 Å². The summed E-state index contributed by atoms with van der Waals surface area (Å²) >= 11 is 5.14. The van der Waals surface area contributed by atoms with Gasteiger partial charge in [-0.05, 0) is 30.3 Å². The fourth-order valence-corrected chi connectivity index (χ4v) is 4.49. The van der Waals surface area contributed by atoms with Gasteiger partial charge in [0.15, 0.2) is 0 Å². The van der Waals surface area contributed by atoms with Crippen LogP contribution < -0.4 is 5.56 Å². The van der Waals surface area contributed by atoms with Crippen LogP contribution in [0.5, 0.6) is 0 Å². The molecule has 4 aromatic rings. The van der Waals surface area contributed by atoms with Gasteiger partial charge in [0.05, 0.1) is 11.9 Å². The molecule has 2 aromatic carbocycles. The third-order valence-electron chi connectivity index (χ3n) is 4.33. The predicted octanol–water partition coefficient (Wildman–Crippen LogP) is 5.05. The Balaban J connectivity index is 1.59. The van der Waals surface area contributed by atoms with Crippen molar-refractivity contribution >= 4 is 37.5 Å². The van der Waals surface area contributed by atoms with E-state index in [0.717, 1.165) is 26.3 Å². The van der Waals surface area contributed by atoms with Crippen LogP contribution in [0, 0.1) is 0 Å². The van der Waals surface area contributed by atoms with Gasteiger partial charge in [0, 0.05) is 15.9 Å². The van der Waals surface area contributed by atoms with Crippen LogP contribution in [0.2, 0.25) is 0 Å². The fourth-order valence-electron chi connectivity index (χ4n) is 3.02. The maximum absolute atomic E-state index is 12.5. The van der Waals surface area contributed by atoms with Gasteiger partial charge in [-0.1, -0.05) is 64.5 Å². The van der Waals surface area contributed by atoms with E-state index in [1.165, 1.54) is 5.56 Å². The smallest absolute Gasteiger partial charge is 0.259 e. The molecule has 0 amide bonds. The van der Waals surface area contributed by atoms with E-state index in [1.54, 1.807) is 11.3 Å². The summed E-state index contributed by atoms with van der Waals surface area (Å²) in [6, 6.07) is 20.2. The summed E-state index contributed by atoms with van der Waals surface area (Å²) in [6.45, 7) is 1.34. The van der Waals surface area contributed by atoms with Gasteiger partial charge in [0.1, 0.15) is 10.7 Å². The molecule has 0 bridgehead atoms. The van der Waals surface area contributed by atoms with Crippen LogP contribution in [-0.2, 0) is 13.1 Å². The zero-order valence-electron chi connectivity index (χ0n) is 14.8. The van der Waals surface area contributed by atoms with Crippen LogP contribution in [0.1, 0.15) is 11.4 Å². The van der Waals surface area contributed by atoms with E-state index in [2.05, 4.69) is 31.9 Å². The molecule has 0 aliphatic carbocycles. The zero-order valence-corrected chi connectivity index (χ0v) is 17.2. The Labute approximate surface area is 169 Å². The number of halogens is 1. The second-order valence-corrected chi connectivity index (χ2v) is 8.36. The van der Waals surface area contributed by atoms with Crippen molar-refractivity contribution in [2.75, 3.05) is 7.05 Å². The van der Waals surface area contributed by atoms with Crippen molar-refractivity contribution in [1.29, 1.82) is 0 Å². The third-order valence-corrected chi connectivity index (χ3v) is 6.18. The SMILES string of the molecule is CN(Cc1nc2sc(-c3ccccc3)cc2c(=O)[nH]1)Cc1ccccc1Br. The van der Waals surface area contributed by atoms with Gasteiger partial charge >= 0.3 is 0 Å². The Bertz CT molecular complexity index is 1140. The first-order chi connectivity index (χ1) is 13.1. The third kappa shape index (κ3) is 4.03. The highest BCUT2D eigenvalue weighted by atomic mass is 79.9. The van der Waals surface area contributed by atoms with Crippen molar-refractivity contribution in [3.05, 3.63) is 86.9 Å². The summed E-state index contributed by atoms with van der Waals surface area (Å²) in [5.41, 5.74) is 2.22. The second-order valence-electron chi connectivity index (χ2n) is 6.47.